The van der Waals surface area contributed by atoms with Gasteiger partial charge in [-0.3, -0.25) is 4.79 Å². The average molecular weight is 214 g/mol. The highest BCUT2D eigenvalue weighted by Gasteiger charge is 2.32. The summed E-state index contributed by atoms with van der Waals surface area (Å²) < 4.78 is 0. The second-order valence-corrected chi connectivity index (χ2v) is 4.09. The fourth-order valence-electron chi connectivity index (χ4n) is 1.54. The van der Waals surface area contributed by atoms with E-state index in [9.17, 15) is 4.79 Å². The van der Waals surface area contributed by atoms with Crippen LogP contribution in [0.3, 0.4) is 0 Å². The van der Waals surface area contributed by atoms with Crippen LogP contribution in [0.1, 0.15) is 40.5 Å². The van der Waals surface area contributed by atoms with E-state index in [2.05, 4.69) is 10.6 Å². The number of hydrogen-bond donors (Lipinski definition) is 2. The van der Waals surface area contributed by atoms with E-state index in [1.807, 2.05) is 34.7 Å². The number of hydrogen-bond acceptors (Lipinski definition) is 2. The molecule has 0 bridgehead atoms. The van der Waals surface area contributed by atoms with Crippen LogP contribution in [0.2, 0.25) is 0 Å². The van der Waals surface area contributed by atoms with Crippen LogP contribution in [0.4, 0.5) is 0 Å². The summed E-state index contributed by atoms with van der Waals surface area (Å²) in [6.07, 6.45) is 2.46. The largest absolute Gasteiger partial charge is 0.352 e. The first-order chi connectivity index (χ1) is 7.15. The van der Waals surface area contributed by atoms with E-state index in [1.54, 1.807) is 0 Å². The first kappa shape index (κ1) is 14.4. The maximum Gasteiger partial charge on any atom is 0.223 e. The molecule has 2 N–H and O–H groups in total. The Kier molecular flexibility index (Phi) is 7.39. The van der Waals surface area contributed by atoms with Gasteiger partial charge in [-0.25, -0.2) is 0 Å². The van der Waals surface area contributed by atoms with Crippen molar-refractivity contribution >= 4 is 5.91 Å². The fraction of sp³-hybridized carbons (Fsp3) is 0.917. The Bertz CT molecular complexity index is 178. The minimum Gasteiger partial charge on any atom is -0.352 e. The zero-order chi connectivity index (χ0) is 11.8. The van der Waals surface area contributed by atoms with Gasteiger partial charge in [0.05, 0.1) is 0 Å². The van der Waals surface area contributed by atoms with Crippen LogP contribution < -0.4 is 10.6 Å². The number of nitrogens with one attached hydrogen (secondary N) is 2. The summed E-state index contributed by atoms with van der Waals surface area (Å²) >= 11 is 0. The molecule has 3 nitrogen and oxygen atoms in total. The standard InChI is InChI=1S/C10H20N2O.C2H6/c1-7(6-11-3)12-10(13)8(2)9-4-5-9;1-2/h7-9,11H,4-6H2,1-3H3,(H,12,13);1-2H3/t7-,8-;/m1./s1. The van der Waals surface area contributed by atoms with E-state index < -0.39 is 0 Å². The molecule has 0 aromatic carbocycles. The van der Waals surface area contributed by atoms with Gasteiger partial charge in [0.15, 0.2) is 0 Å². The number of carbonyl (C=O) groups is 1. The molecule has 1 rings (SSSR count). The lowest BCUT2D eigenvalue weighted by molar-refractivity contribution is -0.125. The molecule has 1 amide bonds. The molecule has 0 heterocycles. The molecule has 2 atom stereocenters. The molecule has 1 saturated carbocycles. The first-order valence-electron chi connectivity index (χ1n) is 6.10. The molecule has 0 aromatic rings. The highest BCUT2D eigenvalue weighted by atomic mass is 16.1. The Labute approximate surface area is 94.0 Å². The van der Waals surface area contributed by atoms with Gasteiger partial charge in [-0.15, -0.1) is 0 Å². The smallest absolute Gasteiger partial charge is 0.223 e. The third-order valence-corrected chi connectivity index (χ3v) is 2.64. The Morgan fingerprint density at radius 3 is 2.27 bits per heavy atom. The minimum atomic E-state index is 0.208. The van der Waals surface area contributed by atoms with E-state index in [1.165, 1.54) is 12.8 Å². The molecule has 0 aliphatic heterocycles. The van der Waals surface area contributed by atoms with Gasteiger partial charge in [0.25, 0.3) is 0 Å². The molecule has 0 saturated heterocycles. The van der Waals surface area contributed by atoms with E-state index >= 15 is 0 Å². The summed E-state index contributed by atoms with van der Waals surface area (Å²) in [5.74, 6) is 1.08. The second-order valence-electron chi connectivity index (χ2n) is 4.09. The predicted octanol–water partition coefficient (Wildman–Crippen LogP) is 1.78. The van der Waals surface area contributed by atoms with Crippen LogP contribution in [0.15, 0.2) is 0 Å². The zero-order valence-corrected chi connectivity index (χ0v) is 10.8. The van der Waals surface area contributed by atoms with Gasteiger partial charge in [0, 0.05) is 18.5 Å². The summed E-state index contributed by atoms with van der Waals surface area (Å²) in [6.45, 7) is 8.89. The third-order valence-electron chi connectivity index (χ3n) is 2.64. The molecular formula is C12H26N2O. The fourth-order valence-corrected chi connectivity index (χ4v) is 1.54. The summed E-state index contributed by atoms with van der Waals surface area (Å²) in [7, 11) is 1.90. The Morgan fingerprint density at radius 1 is 1.33 bits per heavy atom. The summed E-state index contributed by atoms with van der Waals surface area (Å²) in [6, 6.07) is 0.235. The lowest BCUT2D eigenvalue weighted by Crippen LogP contribution is -2.41. The normalized spacial score (nSPS) is 18.5. The second kappa shape index (κ2) is 7.69. The van der Waals surface area contributed by atoms with Crippen molar-refractivity contribution in [2.75, 3.05) is 13.6 Å². The molecule has 15 heavy (non-hydrogen) atoms. The van der Waals surface area contributed by atoms with Gasteiger partial charge in [0.2, 0.25) is 5.91 Å². The maximum absolute atomic E-state index is 11.6. The van der Waals surface area contributed by atoms with Gasteiger partial charge < -0.3 is 10.6 Å². The van der Waals surface area contributed by atoms with Gasteiger partial charge in [-0.2, -0.15) is 0 Å². The number of likely N-dealkylation sites (N-methyl/N-ethyl adjacent to an activating group) is 1. The monoisotopic (exact) mass is 214 g/mol. The predicted molar refractivity (Wildman–Crippen MR) is 64.8 cm³/mol. The van der Waals surface area contributed by atoms with E-state index in [0.29, 0.717) is 5.92 Å². The Balaban J connectivity index is 0.000000921. The van der Waals surface area contributed by atoms with Gasteiger partial charge in [0.1, 0.15) is 0 Å². The van der Waals surface area contributed by atoms with Crippen LogP contribution in [0.5, 0.6) is 0 Å². The maximum atomic E-state index is 11.6. The molecule has 1 fully saturated rings. The van der Waals surface area contributed by atoms with Crippen molar-refractivity contribution in [3.05, 3.63) is 0 Å². The molecule has 1 aliphatic rings. The van der Waals surface area contributed by atoms with Gasteiger partial charge in [-0.1, -0.05) is 20.8 Å². The number of amides is 1. The van der Waals surface area contributed by atoms with Crippen molar-refractivity contribution < 1.29 is 4.79 Å². The molecule has 1 aliphatic carbocycles. The highest BCUT2D eigenvalue weighted by Crippen LogP contribution is 2.36. The quantitative estimate of drug-likeness (QED) is 0.732. The van der Waals surface area contributed by atoms with Crippen LogP contribution >= 0.6 is 0 Å². The lowest BCUT2D eigenvalue weighted by atomic mass is 10.1. The zero-order valence-electron chi connectivity index (χ0n) is 10.8. The van der Waals surface area contributed by atoms with Gasteiger partial charge in [-0.05, 0) is 32.7 Å². The topological polar surface area (TPSA) is 41.1 Å². The Morgan fingerprint density at radius 2 is 1.87 bits per heavy atom. The Hall–Kier alpha value is -0.570. The van der Waals surface area contributed by atoms with Crippen molar-refractivity contribution in [2.45, 2.75) is 46.6 Å². The molecule has 0 unspecified atom stereocenters. The van der Waals surface area contributed by atoms with Crippen molar-refractivity contribution in [1.29, 1.82) is 0 Å². The number of carbonyl (C=O) groups excluding carboxylic acids is 1. The van der Waals surface area contributed by atoms with Crippen molar-refractivity contribution in [1.82, 2.24) is 10.6 Å². The molecule has 0 spiro atoms. The first-order valence-corrected chi connectivity index (χ1v) is 6.10. The molecule has 0 aromatic heterocycles. The average Bonchev–Trinajstić information content (AvgIpc) is 3.03. The van der Waals surface area contributed by atoms with Crippen LogP contribution in [0.25, 0.3) is 0 Å². The van der Waals surface area contributed by atoms with Crippen molar-refractivity contribution in [3.8, 4) is 0 Å². The molecule has 0 radical (unpaired) electrons. The minimum absolute atomic E-state index is 0.208. The van der Waals surface area contributed by atoms with Crippen molar-refractivity contribution in [2.24, 2.45) is 11.8 Å². The molecule has 90 valence electrons. The molecular weight excluding hydrogens is 188 g/mol. The van der Waals surface area contributed by atoms with E-state index in [-0.39, 0.29) is 17.9 Å². The summed E-state index contributed by atoms with van der Waals surface area (Å²) in [5.41, 5.74) is 0. The SMILES string of the molecule is CC.CNC[C@@H](C)NC(=O)[C@H](C)C1CC1. The highest BCUT2D eigenvalue weighted by molar-refractivity contribution is 5.79. The number of rotatable bonds is 5. The summed E-state index contributed by atoms with van der Waals surface area (Å²) in [4.78, 5) is 11.6. The summed E-state index contributed by atoms with van der Waals surface area (Å²) in [5, 5.41) is 6.04. The van der Waals surface area contributed by atoms with Crippen LogP contribution in [-0.4, -0.2) is 25.5 Å². The lowest BCUT2D eigenvalue weighted by Gasteiger charge is -2.16. The third kappa shape index (κ3) is 5.78. The van der Waals surface area contributed by atoms with Crippen LogP contribution in [-0.2, 0) is 4.79 Å². The van der Waals surface area contributed by atoms with Gasteiger partial charge >= 0.3 is 0 Å². The molecule has 3 heteroatoms. The van der Waals surface area contributed by atoms with E-state index in [4.69, 9.17) is 0 Å². The van der Waals surface area contributed by atoms with Crippen LogP contribution in [0, 0.1) is 11.8 Å². The van der Waals surface area contributed by atoms with E-state index in [0.717, 1.165) is 6.54 Å². The van der Waals surface area contributed by atoms with Crippen molar-refractivity contribution in [3.63, 3.8) is 0 Å².